The Hall–Kier alpha value is -3.43. The molecule has 2 saturated heterocycles. The van der Waals surface area contributed by atoms with Crippen molar-refractivity contribution >= 4 is 17.7 Å². The number of ether oxygens (including phenoxy) is 2. The Morgan fingerprint density at radius 1 is 1.05 bits per heavy atom. The van der Waals surface area contributed by atoms with E-state index in [2.05, 4.69) is 16.0 Å². The second kappa shape index (κ2) is 11.5. The number of carbonyl (C=O) groups excluding carboxylic acids is 3. The van der Waals surface area contributed by atoms with Crippen molar-refractivity contribution in [1.29, 1.82) is 0 Å². The maximum absolute atomic E-state index is 13.7. The first-order valence-corrected chi connectivity index (χ1v) is 13.0. The zero-order valence-electron chi connectivity index (χ0n) is 22.2. The van der Waals surface area contributed by atoms with Gasteiger partial charge in [0.15, 0.2) is 0 Å². The lowest BCUT2D eigenvalue weighted by atomic mass is 9.89. The molecule has 2 aliphatic heterocycles. The smallest absolute Gasteiger partial charge is 0.246 e. The number of hydrogen-bond donors (Lipinski definition) is 4. The number of piperidine rings is 1. The van der Waals surface area contributed by atoms with Crippen molar-refractivity contribution in [2.24, 2.45) is 0 Å². The maximum Gasteiger partial charge on any atom is 0.246 e. The summed E-state index contributed by atoms with van der Waals surface area (Å²) in [6, 6.07) is 15.3. The third-order valence-corrected chi connectivity index (χ3v) is 7.45. The largest absolute Gasteiger partial charge is 0.497 e. The molecule has 0 bridgehead atoms. The van der Waals surface area contributed by atoms with Crippen molar-refractivity contribution in [2.75, 3.05) is 13.7 Å². The number of benzene rings is 2. The summed E-state index contributed by atoms with van der Waals surface area (Å²) in [7, 11) is 1.58. The van der Waals surface area contributed by atoms with Gasteiger partial charge in [0.2, 0.25) is 17.7 Å². The molecule has 2 aromatic rings. The highest BCUT2D eigenvalue weighted by Gasteiger charge is 2.50. The minimum Gasteiger partial charge on any atom is -0.497 e. The Kier molecular flexibility index (Phi) is 8.38. The van der Waals surface area contributed by atoms with Crippen LogP contribution in [-0.4, -0.2) is 65.9 Å². The van der Waals surface area contributed by atoms with Crippen LogP contribution in [0.1, 0.15) is 44.2 Å². The molecule has 2 aliphatic rings. The van der Waals surface area contributed by atoms with Crippen molar-refractivity contribution in [1.82, 2.24) is 16.0 Å². The van der Waals surface area contributed by atoms with Gasteiger partial charge in [-0.25, -0.2) is 0 Å². The summed E-state index contributed by atoms with van der Waals surface area (Å²) in [6.45, 7) is 3.89. The molecule has 3 amide bonds. The summed E-state index contributed by atoms with van der Waals surface area (Å²) < 4.78 is 10.7. The van der Waals surface area contributed by atoms with Gasteiger partial charge in [-0.15, -0.1) is 0 Å². The van der Waals surface area contributed by atoms with E-state index in [-0.39, 0.29) is 12.3 Å². The molecule has 9 heteroatoms. The lowest BCUT2D eigenvalue weighted by molar-refractivity contribution is -0.137. The number of aliphatic hydroxyl groups is 1. The van der Waals surface area contributed by atoms with Crippen LogP contribution >= 0.6 is 0 Å². The highest BCUT2D eigenvalue weighted by molar-refractivity contribution is 5.95. The van der Waals surface area contributed by atoms with Gasteiger partial charge < -0.3 is 30.5 Å². The fraction of sp³-hybridized carbons (Fsp3) is 0.483. The minimum atomic E-state index is -1.11. The van der Waals surface area contributed by atoms with Crippen LogP contribution in [0.15, 0.2) is 54.6 Å². The molecular formula is C29H37N3O6. The zero-order valence-corrected chi connectivity index (χ0v) is 22.2. The van der Waals surface area contributed by atoms with E-state index < -0.39 is 41.1 Å². The van der Waals surface area contributed by atoms with Crippen LogP contribution in [0, 0.1) is 0 Å². The number of amides is 3. The Labute approximate surface area is 223 Å². The van der Waals surface area contributed by atoms with Crippen molar-refractivity contribution in [2.45, 2.75) is 75.3 Å². The summed E-state index contributed by atoms with van der Waals surface area (Å²) in [5.41, 5.74) is -0.0658. The lowest BCUT2D eigenvalue weighted by Crippen LogP contribution is -2.63. The van der Waals surface area contributed by atoms with Crippen LogP contribution in [0.25, 0.3) is 0 Å². The third-order valence-electron chi connectivity index (χ3n) is 7.45. The number of carbonyl (C=O) groups is 3. The molecule has 9 nitrogen and oxygen atoms in total. The first-order valence-electron chi connectivity index (χ1n) is 13.0. The van der Waals surface area contributed by atoms with E-state index in [9.17, 15) is 19.5 Å². The first kappa shape index (κ1) is 27.6. The Bertz CT molecular complexity index is 1130. The average molecular weight is 524 g/mol. The molecule has 5 atom stereocenters. The van der Waals surface area contributed by atoms with Crippen molar-refractivity contribution in [3.05, 3.63) is 65.7 Å². The second-order valence-corrected chi connectivity index (χ2v) is 10.7. The van der Waals surface area contributed by atoms with Gasteiger partial charge in [-0.05, 0) is 56.4 Å². The van der Waals surface area contributed by atoms with Crippen LogP contribution in [0.3, 0.4) is 0 Å². The summed E-state index contributed by atoms with van der Waals surface area (Å²) in [4.78, 5) is 39.1. The van der Waals surface area contributed by atoms with Crippen LogP contribution in [0.5, 0.6) is 5.75 Å². The van der Waals surface area contributed by atoms with E-state index >= 15 is 0 Å². The van der Waals surface area contributed by atoms with E-state index in [4.69, 9.17) is 9.47 Å². The van der Waals surface area contributed by atoms with Gasteiger partial charge in [0.25, 0.3) is 0 Å². The minimum absolute atomic E-state index is 0.186. The van der Waals surface area contributed by atoms with Crippen LogP contribution < -0.4 is 20.7 Å². The molecule has 38 heavy (non-hydrogen) atoms. The normalized spacial score (nSPS) is 24.9. The standard InChI is InChI=1S/C29H37N3O6/c1-28(15-7-10-24(33)32-28)27(36)31-23(17-20-11-13-21(37-3)14-12-20)26(35)30-22(25(34)29(2)18-38-29)16-19-8-5-4-6-9-19/h4-6,8-9,11-14,22-23,25,34H,7,10,15-18H2,1-3H3,(H,30,35)(H,31,36)(H,32,33). The number of epoxide rings is 1. The molecule has 2 heterocycles. The molecule has 5 unspecified atom stereocenters. The number of methoxy groups -OCH3 is 1. The van der Waals surface area contributed by atoms with Gasteiger partial charge in [-0.1, -0.05) is 42.5 Å². The maximum atomic E-state index is 13.7. The van der Waals surface area contributed by atoms with Crippen molar-refractivity contribution in [3.63, 3.8) is 0 Å². The van der Waals surface area contributed by atoms with Gasteiger partial charge >= 0.3 is 0 Å². The molecule has 0 spiro atoms. The lowest BCUT2D eigenvalue weighted by Gasteiger charge is -2.35. The number of hydrogen-bond acceptors (Lipinski definition) is 6. The Balaban J connectivity index is 1.55. The molecule has 0 radical (unpaired) electrons. The molecule has 4 rings (SSSR count). The van der Waals surface area contributed by atoms with Gasteiger partial charge in [0.1, 0.15) is 29.0 Å². The van der Waals surface area contributed by atoms with Crippen LogP contribution in [-0.2, 0) is 32.0 Å². The molecule has 0 aliphatic carbocycles. The predicted octanol–water partition coefficient (Wildman–Crippen LogP) is 1.66. The predicted molar refractivity (Wildman–Crippen MR) is 141 cm³/mol. The quantitative estimate of drug-likeness (QED) is 0.332. The summed E-state index contributed by atoms with van der Waals surface area (Å²) in [5.74, 6) is -0.352. The molecule has 0 aromatic heterocycles. The molecule has 0 saturated carbocycles. The van der Waals surface area contributed by atoms with Gasteiger partial charge in [-0.3, -0.25) is 14.4 Å². The highest BCUT2D eigenvalue weighted by atomic mass is 16.6. The second-order valence-electron chi connectivity index (χ2n) is 10.7. The number of aliphatic hydroxyl groups excluding tert-OH is 1. The summed E-state index contributed by atoms with van der Waals surface area (Å²) in [6.07, 6.45) is 1.11. The van der Waals surface area contributed by atoms with Crippen LogP contribution in [0.4, 0.5) is 0 Å². The first-order chi connectivity index (χ1) is 18.1. The van der Waals surface area contributed by atoms with E-state index in [0.717, 1.165) is 11.1 Å². The third kappa shape index (κ3) is 6.71. The Morgan fingerprint density at radius 2 is 1.71 bits per heavy atom. The SMILES string of the molecule is COc1ccc(CC(NC(=O)C2(C)CCCC(=O)N2)C(=O)NC(Cc2ccccc2)C(O)C2(C)CO2)cc1. The van der Waals surface area contributed by atoms with E-state index in [1.54, 1.807) is 26.2 Å². The average Bonchev–Trinajstić information content (AvgIpc) is 3.66. The fourth-order valence-electron chi connectivity index (χ4n) is 4.83. The highest BCUT2D eigenvalue weighted by Crippen LogP contribution is 2.32. The topological polar surface area (TPSA) is 129 Å². The van der Waals surface area contributed by atoms with E-state index in [1.807, 2.05) is 49.4 Å². The van der Waals surface area contributed by atoms with Crippen LogP contribution in [0.2, 0.25) is 0 Å². The summed E-state index contributed by atoms with van der Waals surface area (Å²) in [5, 5.41) is 19.8. The summed E-state index contributed by atoms with van der Waals surface area (Å²) >= 11 is 0. The fourth-order valence-corrected chi connectivity index (χ4v) is 4.83. The zero-order chi connectivity index (χ0) is 27.3. The number of rotatable bonds is 11. The van der Waals surface area contributed by atoms with E-state index in [1.165, 1.54) is 0 Å². The van der Waals surface area contributed by atoms with Crippen molar-refractivity contribution < 1.29 is 29.0 Å². The van der Waals surface area contributed by atoms with Gasteiger partial charge in [-0.2, -0.15) is 0 Å². The van der Waals surface area contributed by atoms with Gasteiger partial charge in [0.05, 0.1) is 19.8 Å². The molecular weight excluding hydrogens is 486 g/mol. The van der Waals surface area contributed by atoms with E-state index in [0.29, 0.717) is 38.0 Å². The molecule has 204 valence electrons. The molecule has 4 N–H and O–H groups in total. The number of nitrogens with one attached hydrogen (secondary N) is 3. The monoisotopic (exact) mass is 523 g/mol. The molecule has 2 fully saturated rings. The van der Waals surface area contributed by atoms with Gasteiger partial charge in [0, 0.05) is 12.8 Å². The molecule has 2 aromatic carbocycles. The Morgan fingerprint density at radius 3 is 2.32 bits per heavy atom. The van der Waals surface area contributed by atoms with Crippen molar-refractivity contribution in [3.8, 4) is 5.75 Å².